The zero-order valence-corrected chi connectivity index (χ0v) is 18.5. The number of benzene rings is 2. The predicted octanol–water partition coefficient (Wildman–Crippen LogP) is 3.64. The summed E-state index contributed by atoms with van der Waals surface area (Å²) in [6.45, 7) is 2.42. The molecule has 1 fully saturated rings. The van der Waals surface area contributed by atoms with E-state index in [1.54, 1.807) is 18.2 Å². The highest BCUT2D eigenvalue weighted by Gasteiger charge is 2.23. The fraction of sp³-hybridized carbons (Fsp3) is 0.217. The molecular weight excluding hydrogens is 444 g/mol. The molecule has 1 N–H and O–H groups in total. The molecule has 2 aromatic carbocycles. The standard InChI is InChI=1S/C23H22N4O5S/c28-22(16-32-20-5-2-1-4-19(20)27(30)31)24-17-7-9-18(10-8-17)25-11-13-26(14-12-25)23(29)21-6-3-15-33-21/h1-10,15H,11-14,16H2,(H,24,28). The van der Waals surface area contributed by atoms with Crippen molar-refractivity contribution in [3.8, 4) is 5.75 Å². The van der Waals surface area contributed by atoms with Crippen LogP contribution in [0.3, 0.4) is 0 Å². The highest BCUT2D eigenvalue weighted by atomic mass is 32.1. The maximum Gasteiger partial charge on any atom is 0.310 e. The van der Waals surface area contributed by atoms with Gasteiger partial charge in [-0.3, -0.25) is 19.7 Å². The number of carbonyl (C=O) groups excluding carboxylic acids is 2. The normalized spacial score (nSPS) is 13.5. The molecule has 170 valence electrons. The largest absolute Gasteiger partial charge is 0.477 e. The van der Waals surface area contributed by atoms with Crippen LogP contribution < -0.4 is 15.0 Å². The van der Waals surface area contributed by atoms with Gasteiger partial charge in [-0.05, 0) is 41.8 Å². The minimum Gasteiger partial charge on any atom is -0.477 e. The van der Waals surface area contributed by atoms with Crippen molar-refractivity contribution in [2.75, 3.05) is 43.0 Å². The molecule has 1 aliphatic heterocycles. The SMILES string of the molecule is O=C(COc1ccccc1[N+](=O)[O-])Nc1ccc(N2CCN(C(=O)c3cccs3)CC2)cc1. The van der Waals surface area contributed by atoms with Crippen LogP contribution in [-0.4, -0.2) is 54.4 Å². The maximum atomic E-state index is 12.5. The van der Waals surface area contributed by atoms with Crippen LogP contribution in [0, 0.1) is 10.1 Å². The fourth-order valence-corrected chi connectivity index (χ4v) is 4.24. The molecule has 3 aromatic rings. The summed E-state index contributed by atoms with van der Waals surface area (Å²) in [7, 11) is 0. The van der Waals surface area contributed by atoms with Gasteiger partial charge in [0.1, 0.15) is 0 Å². The molecule has 10 heteroatoms. The number of carbonyl (C=O) groups is 2. The third-order valence-electron chi connectivity index (χ3n) is 5.24. The number of para-hydroxylation sites is 2. The quantitative estimate of drug-likeness (QED) is 0.421. The van der Waals surface area contributed by atoms with Gasteiger partial charge in [0.25, 0.3) is 11.8 Å². The van der Waals surface area contributed by atoms with Crippen LogP contribution in [0.15, 0.2) is 66.0 Å². The van der Waals surface area contributed by atoms with E-state index in [1.807, 2.05) is 34.5 Å². The average Bonchev–Trinajstić information content (AvgIpc) is 3.38. The number of hydrogen-bond acceptors (Lipinski definition) is 7. The Kier molecular flexibility index (Phi) is 6.84. The first-order chi connectivity index (χ1) is 16.0. The topological polar surface area (TPSA) is 105 Å². The number of hydrogen-bond donors (Lipinski definition) is 1. The van der Waals surface area contributed by atoms with Crippen molar-refractivity contribution in [2.45, 2.75) is 0 Å². The molecule has 2 amide bonds. The molecule has 2 heterocycles. The first-order valence-electron chi connectivity index (χ1n) is 10.3. The number of thiophene rings is 1. The van der Waals surface area contributed by atoms with Crippen LogP contribution >= 0.6 is 11.3 Å². The molecule has 0 spiro atoms. The lowest BCUT2D eigenvalue weighted by molar-refractivity contribution is -0.385. The molecule has 0 radical (unpaired) electrons. The molecule has 33 heavy (non-hydrogen) atoms. The Morgan fingerprint density at radius 1 is 1.00 bits per heavy atom. The number of nitro groups is 1. The highest BCUT2D eigenvalue weighted by Crippen LogP contribution is 2.26. The Labute approximate surface area is 194 Å². The Balaban J connectivity index is 1.27. The summed E-state index contributed by atoms with van der Waals surface area (Å²) in [4.78, 5) is 40.0. The van der Waals surface area contributed by atoms with Crippen LogP contribution in [0.25, 0.3) is 0 Å². The molecule has 9 nitrogen and oxygen atoms in total. The molecule has 1 saturated heterocycles. The third-order valence-corrected chi connectivity index (χ3v) is 6.09. The van der Waals surface area contributed by atoms with Crippen molar-refractivity contribution in [2.24, 2.45) is 0 Å². The Morgan fingerprint density at radius 2 is 1.73 bits per heavy atom. The van der Waals surface area contributed by atoms with Crippen LogP contribution in [-0.2, 0) is 4.79 Å². The molecule has 0 aliphatic carbocycles. The van der Waals surface area contributed by atoms with E-state index in [-0.39, 0.29) is 24.0 Å². The summed E-state index contributed by atoms with van der Waals surface area (Å²) < 4.78 is 5.31. The number of nitro benzene ring substituents is 1. The summed E-state index contributed by atoms with van der Waals surface area (Å²) in [5.74, 6) is -0.294. The summed E-state index contributed by atoms with van der Waals surface area (Å²) in [5, 5.41) is 15.7. The molecule has 0 unspecified atom stereocenters. The number of anilines is 2. The Bertz CT molecular complexity index is 1130. The van der Waals surface area contributed by atoms with Crippen molar-refractivity contribution in [1.29, 1.82) is 0 Å². The second-order valence-electron chi connectivity index (χ2n) is 7.37. The number of rotatable bonds is 7. The zero-order valence-electron chi connectivity index (χ0n) is 17.7. The fourth-order valence-electron chi connectivity index (χ4n) is 3.55. The van der Waals surface area contributed by atoms with Gasteiger partial charge in [0, 0.05) is 43.6 Å². The smallest absolute Gasteiger partial charge is 0.310 e. The summed E-state index contributed by atoms with van der Waals surface area (Å²) >= 11 is 1.45. The number of ether oxygens (including phenoxy) is 1. The number of amides is 2. The van der Waals surface area contributed by atoms with Gasteiger partial charge in [-0.15, -0.1) is 11.3 Å². The zero-order chi connectivity index (χ0) is 23.2. The van der Waals surface area contributed by atoms with Gasteiger partial charge in [-0.25, -0.2) is 0 Å². The monoisotopic (exact) mass is 466 g/mol. The van der Waals surface area contributed by atoms with Gasteiger partial charge in [-0.1, -0.05) is 18.2 Å². The minimum absolute atomic E-state index is 0.0460. The molecule has 0 atom stereocenters. The van der Waals surface area contributed by atoms with Crippen molar-refractivity contribution in [1.82, 2.24) is 4.90 Å². The van der Waals surface area contributed by atoms with Crippen LogP contribution in [0.1, 0.15) is 9.67 Å². The molecule has 0 saturated carbocycles. The van der Waals surface area contributed by atoms with Gasteiger partial charge in [0.15, 0.2) is 12.4 Å². The minimum atomic E-state index is -0.552. The second-order valence-corrected chi connectivity index (χ2v) is 8.31. The predicted molar refractivity (Wildman–Crippen MR) is 126 cm³/mol. The van der Waals surface area contributed by atoms with Crippen molar-refractivity contribution >= 4 is 40.2 Å². The van der Waals surface area contributed by atoms with E-state index in [1.165, 1.54) is 29.5 Å². The molecule has 1 aromatic heterocycles. The summed E-state index contributed by atoms with van der Waals surface area (Å²) in [6, 6.07) is 17.1. The first kappa shape index (κ1) is 22.3. The number of nitrogens with one attached hydrogen (secondary N) is 1. The van der Waals surface area contributed by atoms with Gasteiger partial charge in [0.05, 0.1) is 9.80 Å². The summed E-state index contributed by atoms with van der Waals surface area (Å²) in [5.41, 5.74) is 1.42. The van der Waals surface area contributed by atoms with Crippen LogP contribution in [0.2, 0.25) is 0 Å². The van der Waals surface area contributed by atoms with Crippen molar-refractivity contribution in [3.63, 3.8) is 0 Å². The van der Waals surface area contributed by atoms with E-state index in [0.29, 0.717) is 18.8 Å². The highest BCUT2D eigenvalue weighted by molar-refractivity contribution is 7.12. The van der Waals surface area contributed by atoms with E-state index < -0.39 is 10.8 Å². The van der Waals surface area contributed by atoms with Crippen molar-refractivity contribution < 1.29 is 19.2 Å². The van der Waals surface area contributed by atoms with E-state index in [4.69, 9.17) is 4.74 Å². The molecular formula is C23H22N4O5S. The van der Waals surface area contributed by atoms with E-state index >= 15 is 0 Å². The van der Waals surface area contributed by atoms with Gasteiger partial charge in [-0.2, -0.15) is 0 Å². The number of piperazine rings is 1. The maximum absolute atomic E-state index is 12.5. The lowest BCUT2D eigenvalue weighted by atomic mass is 10.2. The average molecular weight is 467 g/mol. The lowest BCUT2D eigenvalue weighted by Crippen LogP contribution is -2.48. The molecule has 1 aliphatic rings. The van der Waals surface area contributed by atoms with E-state index in [9.17, 15) is 19.7 Å². The van der Waals surface area contributed by atoms with Crippen molar-refractivity contribution in [3.05, 3.63) is 81.0 Å². The lowest BCUT2D eigenvalue weighted by Gasteiger charge is -2.36. The van der Waals surface area contributed by atoms with Crippen LogP contribution in [0.4, 0.5) is 17.1 Å². The molecule has 4 rings (SSSR count). The number of nitrogens with zero attached hydrogens (tertiary/aromatic N) is 3. The third kappa shape index (κ3) is 5.47. The van der Waals surface area contributed by atoms with E-state index in [0.717, 1.165) is 23.7 Å². The first-order valence-corrected chi connectivity index (χ1v) is 11.2. The van der Waals surface area contributed by atoms with Gasteiger partial charge in [0.2, 0.25) is 0 Å². The second kappa shape index (κ2) is 10.1. The van der Waals surface area contributed by atoms with Gasteiger partial charge >= 0.3 is 5.69 Å². The van der Waals surface area contributed by atoms with E-state index in [2.05, 4.69) is 10.2 Å². The van der Waals surface area contributed by atoms with Gasteiger partial charge < -0.3 is 19.9 Å². The molecule has 0 bridgehead atoms. The Morgan fingerprint density at radius 3 is 2.39 bits per heavy atom. The summed E-state index contributed by atoms with van der Waals surface area (Å²) in [6.07, 6.45) is 0. The Hall–Kier alpha value is -3.92. The van der Waals surface area contributed by atoms with Crippen LogP contribution in [0.5, 0.6) is 5.75 Å².